The van der Waals surface area contributed by atoms with E-state index < -0.39 is 0 Å². The number of hydrogen-bond acceptors (Lipinski definition) is 3. The van der Waals surface area contributed by atoms with E-state index in [1.54, 1.807) is 12.1 Å². The van der Waals surface area contributed by atoms with Crippen LogP contribution in [0.3, 0.4) is 0 Å². The molecule has 1 aromatic rings. The molecular weight excluding hydrogens is 257 g/mol. The Kier molecular flexibility index (Phi) is 5.80. The molecule has 2 rings (SSSR count). The Bertz CT molecular complexity index is 419. The third-order valence-electron chi connectivity index (χ3n) is 3.64. The minimum atomic E-state index is -0.221. The summed E-state index contributed by atoms with van der Waals surface area (Å²) in [5.41, 5.74) is 0.886. The molecule has 0 bridgehead atoms. The second kappa shape index (κ2) is 7.60. The van der Waals surface area contributed by atoms with Crippen molar-refractivity contribution < 1.29 is 13.9 Å². The minimum Gasteiger partial charge on any atom is -0.493 e. The number of ether oxygens (including phenoxy) is 2. The van der Waals surface area contributed by atoms with Crippen LogP contribution in [0.2, 0.25) is 0 Å². The quantitative estimate of drug-likeness (QED) is 0.832. The molecule has 0 spiro atoms. The third-order valence-corrected chi connectivity index (χ3v) is 3.64. The van der Waals surface area contributed by atoms with Crippen LogP contribution in [-0.4, -0.2) is 26.4 Å². The van der Waals surface area contributed by atoms with E-state index in [2.05, 4.69) is 12.2 Å². The molecule has 0 radical (unpaired) electrons. The molecule has 0 amide bonds. The molecule has 1 fully saturated rings. The lowest BCUT2D eigenvalue weighted by Crippen LogP contribution is -2.21. The largest absolute Gasteiger partial charge is 0.493 e. The topological polar surface area (TPSA) is 30.5 Å². The average Bonchev–Trinajstić information content (AvgIpc) is 2.96. The fraction of sp³-hybridized carbons (Fsp3) is 0.625. The van der Waals surface area contributed by atoms with Crippen LogP contribution in [0.4, 0.5) is 4.39 Å². The predicted molar refractivity (Wildman–Crippen MR) is 77.5 cm³/mol. The van der Waals surface area contributed by atoms with Crippen molar-refractivity contribution in [3.8, 4) is 5.75 Å². The van der Waals surface area contributed by atoms with E-state index in [1.807, 2.05) is 6.92 Å². The van der Waals surface area contributed by atoms with Gasteiger partial charge in [0, 0.05) is 24.1 Å². The predicted octanol–water partition coefficient (Wildman–Crippen LogP) is 3.30. The molecule has 3 nitrogen and oxygen atoms in total. The highest BCUT2D eigenvalue weighted by Crippen LogP contribution is 2.27. The van der Waals surface area contributed by atoms with Crippen LogP contribution in [0.1, 0.15) is 38.3 Å². The van der Waals surface area contributed by atoms with E-state index in [4.69, 9.17) is 9.47 Å². The highest BCUT2D eigenvalue weighted by atomic mass is 19.1. The molecule has 112 valence electrons. The lowest BCUT2D eigenvalue weighted by molar-refractivity contribution is 0.166. The van der Waals surface area contributed by atoms with E-state index in [9.17, 15) is 4.39 Å². The molecule has 1 saturated heterocycles. The van der Waals surface area contributed by atoms with Crippen LogP contribution in [-0.2, 0) is 4.74 Å². The summed E-state index contributed by atoms with van der Waals surface area (Å²) < 4.78 is 24.7. The van der Waals surface area contributed by atoms with E-state index in [1.165, 1.54) is 6.07 Å². The van der Waals surface area contributed by atoms with Crippen molar-refractivity contribution in [2.75, 3.05) is 26.4 Å². The molecule has 20 heavy (non-hydrogen) atoms. The summed E-state index contributed by atoms with van der Waals surface area (Å²) >= 11 is 0. The van der Waals surface area contributed by atoms with Crippen molar-refractivity contribution >= 4 is 0 Å². The van der Waals surface area contributed by atoms with Gasteiger partial charge in [0.2, 0.25) is 0 Å². The molecule has 1 heterocycles. The van der Waals surface area contributed by atoms with Gasteiger partial charge in [-0.05, 0) is 44.5 Å². The molecule has 0 aliphatic carbocycles. The summed E-state index contributed by atoms with van der Waals surface area (Å²) in [6, 6.07) is 4.83. The first kappa shape index (κ1) is 15.3. The van der Waals surface area contributed by atoms with Crippen LogP contribution < -0.4 is 10.1 Å². The molecule has 1 aliphatic heterocycles. The van der Waals surface area contributed by atoms with Crippen molar-refractivity contribution in [3.05, 3.63) is 29.6 Å². The maximum atomic E-state index is 13.5. The zero-order valence-electron chi connectivity index (χ0n) is 12.3. The summed E-state index contributed by atoms with van der Waals surface area (Å²) in [5, 5.41) is 3.37. The van der Waals surface area contributed by atoms with Crippen molar-refractivity contribution in [1.82, 2.24) is 5.32 Å². The second-order valence-corrected chi connectivity index (χ2v) is 5.40. The molecule has 4 heteroatoms. The monoisotopic (exact) mass is 281 g/mol. The smallest absolute Gasteiger partial charge is 0.124 e. The van der Waals surface area contributed by atoms with Gasteiger partial charge in [0.05, 0.1) is 13.2 Å². The van der Waals surface area contributed by atoms with E-state index in [0.29, 0.717) is 12.5 Å². The van der Waals surface area contributed by atoms with Crippen LogP contribution in [0, 0.1) is 11.7 Å². The van der Waals surface area contributed by atoms with Crippen LogP contribution >= 0.6 is 0 Å². The summed E-state index contributed by atoms with van der Waals surface area (Å²) in [6.07, 6.45) is 2.09. The normalized spacial score (nSPS) is 20.1. The van der Waals surface area contributed by atoms with Crippen LogP contribution in [0.5, 0.6) is 5.75 Å². The molecule has 0 saturated carbocycles. The average molecular weight is 281 g/mol. The Morgan fingerprint density at radius 1 is 1.50 bits per heavy atom. The van der Waals surface area contributed by atoms with Crippen molar-refractivity contribution in [2.45, 2.75) is 32.7 Å². The highest BCUT2D eigenvalue weighted by Gasteiger charge is 2.18. The SMILES string of the molecule is CCCNC(C)c1cc(F)ccc1OCC1CCOC1. The molecule has 2 atom stereocenters. The van der Waals surface area contributed by atoms with Crippen molar-refractivity contribution in [3.63, 3.8) is 0 Å². The number of rotatable bonds is 7. The first-order chi connectivity index (χ1) is 9.70. The van der Waals surface area contributed by atoms with Gasteiger partial charge < -0.3 is 14.8 Å². The van der Waals surface area contributed by atoms with Gasteiger partial charge in [-0.3, -0.25) is 0 Å². The zero-order valence-corrected chi connectivity index (χ0v) is 12.3. The minimum absolute atomic E-state index is 0.0838. The van der Waals surface area contributed by atoms with Gasteiger partial charge in [-0.2, -0.15) is 0 Å². The first-order valence-electron chi connectivity index (χ1n) is 7.44. The maximum Gasteiger partial charge on any atom is 0.124 e. The van der Waals surface area contributed by atoms with Gasteiger partial charge in [-0.15, -0.1) is 0 Å². The van der Waals surface area contributed by atoms with E-state index in [0.717, 1.165) is 43.9 Å². The summed E-state index contributed by atoms with van der Waals surface area (Å²) in [4.78, 5) is 0. The highest BCUT2D eigenvalue weighted by molar-refractivity contribution is 5.36. The number of nitrogens with one attached hydrogen (secondary N) is 1. The van der Waals surface area contributed by atoms with Crippen LogP contribution in [0.25, 0.3) is 0 Å². The van der Waals surface area contributed by atoms with Crippen molar-refractivity contribution in [1.29, 1.82) is 0 Å². The molecule has 1 aliphatic rings. The fourth-order valence-electron chi connectivity index (χ4n) is 2.38. The molecule has 2 unspecified atom stereocenters. The van der Waals surface area contributed by atoms with Crippen molar-refractivity contribution in [2.24, 2.45) is 5.92 Å². The maximum absolute atomic E-state index is 13.5. The summed E-state index contributed by atoms with van der Waals surface area (Å²) in [5.74, 6) is 1.00. The van der Waals surface area contributed by atoms with Gasteiger partial charge in [0.25, 0.3) is 0 Å². The fourth-order valence-corrected chi connectivity index (χ4v) is 2.38. The molecule has 0 aromatic heterocycles. The Morgan fingerprint density at radius 2 is 2.35 bits per heavy atom. The zero-order chi connectivity index (χ0) is 14.4. The number of halogens is 1. The van der Waals surface area contributed by atoms with E-state index >= 15 is 0 Å². The number of hydrogen-bond donors (Lipinski definition) is 1. The Balaban J connectivity index is 2.02. The summed E-state index contributed by atoms with van der Waals surface area (Å²) in [6.45, 7) is 7.28. The van der Waals surface area contributed by atoms with E-state index in [-0.39, 0.29) is 11.9 Å². The van der Waals surface area contributed by atoms with Gasteiger partial charge in [-0.25, -0.2) is 4.39 Å². The molecule has 1 N–H and O–H groups in total. The van der Waals surface area contributed by atoms with Gasteiger partial charge in [-0.1, -0.05) is 6.92 Å². The standard InChI is InChI=1S/C16H24FNO2/c1-3-7-18-12(2)15-9-14(17)4-5-16(15)20-11-13-6-8-19-10-13/h4-5,9,12-13,18H,3,6-8,10-11H2,1-2H3. The molecule has 1 aromatic carbocycles. The first-order valence-corrected chi connectivity index (χ1v) is 7.44. The van der Waals surface area contributed by atoms with Gasteiger partial charge >= 0.3 is 0 Å². The second-order valence-electron chi connectivity index (χ2n) is 5.40. The third kappa shape index (κ3) is 4.18. The number of benzene rings is 1. The Hall–Kier alpha value is -1.13. The Morgan fingerprint density at radius 3 is 3.05 bits per heavy atom. The van der Waals surface area contributed by atoms with Crippen LogP contribution in [0.15, 0.2) is 18.2 Å². The van der Waals surface area contributed by atoms with Gasteiger partial charge in [0.1, 0.15) is 11.6 Å². The lowest BCUT2D eigenvalue weighted by Gasteiger charge is -2.19. The van der Waals surface area contributed by atoms with Gasteiger partial charge in [0.15, 0.2) is 0 Å². The molecular formula is C16H24FNO2. The Labute approximate surface area is 120 Å². The lowest BCUT2D eigenvalue weighted by atomic mass is 10.1. The summed E-state index contributed by atoms with van der Waals surface area (Å²) in [7, 11) is 0.